The molecule has 0 fully saturated rings. The van der Waals surface area contributed by atoms with E-state index in [1.165, 1.54) is 6.07 Å². The van der Waals surface area contributed by atoms with E-state index < -0.39 is 0 Å². The van der Waals surface area contributed by atoms with E-state index in [0.29, 0.717) is 4.47 Å². The lowest BCUT2D eigenvalue weighted by atomic mass is 10.0. The van der Waals surface area contributed by atoms with E-state index in [9.17, 15) is 4.39 Å². The van der Waals surface area contributed by atoms with E-state index in [2.05, 4.69) is 33.3 Å². The van der Waals surface area contributed by atoms with Crippen molar-refractivity contribution in [2.75, 3.05) is 6.54 Å². The molecule has 1 aromatic heterocycles. The highest BCUT2D eigenvalue weighted by atomic mass is 79.9. The smallest absolute Gasteiger partial charge is 0.137 e. The molecule has 3 nitrogen and oxygen atoms in total. The number of aromatic nitrogens is 2. The van der Waals surface area contributed by atoms with Gasteiger partial charge in [0, 0.05) is 13.2 Å². The van der Waals surface area contributed by atoms with Crippen LogP contribution in [-0.2, 0) is 13.5 Å². The Hall–Kier alpha value is -1.20. The summed E-state index contributed by atoms with van der Waals surface area (Å²) in [6.07, 6.45) is 2.59. The first-order valence-corrected chi connectivity index (χ1v) is 7.06. The molecule has 0 spiro atoms. The topological polar surface area (TPSA) is 29.9 Å². The van der Waals surface area contributed by atoms with Gasteiger partial charge in [-0.3, -0.25) is 4.68 Å². The van der Waals surface area contributed by atoms with Gasteiger partial charge in [-0.15, -0.1) is 0 Å². The summed E-state index contributed by atoms with van der Waals surface area (Å²) < 4.78 is 15.6. The van der Waals surface area contributed by atoms with Crippen LogP contribution in [0.15, 0.2) is 34.9 Å². The standard InChI is InChI=1S/C14H17BrFN3/c1-3-17-13(14-6-7-18-19(14)2)9-10-4-5-12(16)11(15)8-10/h4-8,13,17H,3,9H2,1-2H3. The number of nitrogens with zero attached hydrogens (tertiary/aromatic N) is 2. The Labute approximate surface area is 121 Å². The van der Waals surface area contributed by atoms with Crippen LogP contribution in [0.5, 0.6) is 0 Å². The highest BCUT2D eigenvalue weighted by molar-refractivity contribution is 9.10. The minimum absolute atomic E-state index is 0.176. The minimum atomic E-state index is -0.232. The quantitative estimate of drug-likeness (QED) is 0.914. The van der Waals surface area contributed by atoms with Gasteiger partial charge in [0.1, 0.15) is 5.82 Å². The molecule has 1 unspecified atom stereocenters. The molecule has 0 saturated heterocycles. The van der Waals surface area contributed by atoms with Crippen molar-refractivity contribution in [1.82, 2.24) is 15.1 Å². The summed E-state index contributed by atoms with van der Waals surface area (Å²) in [5.74, 6) is -0.232. The van der Waals surface area contributed by atoms with Crippen LogP contribution in [0, 0.1) is 5.82 Å². The molecule has 0 aliphatic heterocycles. The van der Waals surface area contributed by atoms with Crippen LogP contribution >= 0.6 is 15.9 Å². The maximum atomic E-state index is 13.2. The third kappa shape index (κ3) is 3.42. The summed E-state index contributed by atoms with van der Waals surface area (Å²) in [7, 11) is 1.93. The van der Waals surface area contributed by atoms with Gasteiger partial charge in [0.15, 0.2) is 0 Å². The van der Waals surface area contributed by atoms with Crippen LogP contribution in [0.3, 0.4) is 0 Å². The molecule has 19 heavy (non-hydrogen) atoms. The average molecular weight is 326 g/mol. The van der Waals surface area contributed by atoms with Gasteiger partial charge in [0.2, 0.25) is 0 Å². The predicted octanol–water partition coefficient (Wildman–Crippen LogP) is 3.22. The summed E-state index contributed by atoms with van der Waals surface area (Å²) in [6.45, 7) is 2.95. The lowest BCUT2D eigenvalue weighted by Crippen LogP contribution is -2.25. The fourth-order valence-electron chi connectivity index (χ4n) is 2.16. The van der Waals surface area contributed by atoms with Crippen molar-refractivity contribution < 1.29 is 4.39 Å². The molecule has 1 aromatic carbocycles. The van der Waals surface area contributed by atoms with Gasteiger partial charge in [0.05, 0.1) is 16.2 Å². The number of likely N-dealkylation sites (N-methyl/N-ethyl adjacent to an activating group) is 1. The molecule has 0 amide bonds. The van der Waals surface area contributed by atoms with Gasteiger partial charge in [-0.2, -0.15) is 5.10 Å². The van der Waals surface area contributed by atoms with E-state index in [1.54, 1.807) is 6.20 Å². The molecule has 1 N–H and O–H groups in total. The summed E-state index contributed by atoms with van der Waals surface area (Å²) in [5, 5.41) is 7.64. The van der Waals surface area contributed by atoms with E-state index in [0.717, 1.165) is 24.2 Å². The van der Waals surface area contributed by atoms with Gasteiger partial charge in [-0.1, -0.05) is 13.0 Å². The SMILES string of the molecule is CCNC(Cc1ccc(F)c(Br)c1)c1ccnn1C. The predicted molar refractivity (Wildman–Crippen MR) is 77.4 cm³/mol. The molecule has 0 bridgehead atoms. The van der Waals surface area contributed by atoms with Crippen molar-refractivity contribution in [3.8, 4) is 0 Å². The zero-order chi connectivity index (χ0) is 13.8. The van der Waals surface area contributed by atoms with Crippen molar-refractivity contribution in [1.29, 1.82) is 0 Å². The number of rotatable bonds is 5. The van der Waals surface area contributed by atoms with Crippen molar-refractivity contribution in [3.05, 3.63) is 52.0 Å². The van der Waals surface area contributed by atoms with E-state index in [-0.39, 0.29) is 11.9 Å². The van der Waals surface area contributed by atoms with E-state index in [4.69, 9.17) is 0 Å². The lowest BCUT2D eigenvalue weighted by Gasteiger charge is -2.18. The van der Waals surface area contributed by atoms with Crippen molar-refractivity contribution in [2.45, 2.75) is 19.4 Å². The largest absolute Gasteiger partial charge is 0.309 e. The number of halogens is 2. The summed E-state index contributed by atoms with van der Waals surface area (Å²) in [4.78, 5) is 0. The first-order valence-electron chi connectivity index (χ1n) is 6.27. The number of hydrogen-bond acceptors (Lipinski definition) is 2. The molecule has 0 aliphatic carbocycles. The van der Waals surface area contributed by atoms with Crippen LogP contribution in [0.25, 0.3) is 0 Å². The van der Waals surface area contributed by atoms with Gasteiger partial charge < -0.3 is 5.32 Å². The summed E-state index contributed by atoms with van der Waals surface area (Å²) in [6, 6.07) is 7.32. The number of benzene rings is 1. The average Bonchev–Trinajstić information content (AvgIpc) is 2.79. The maximum Gasteiger partial charge on any atom is 0.137 e. The second kappa shape index (κ2) is 6.30. The Bertz CT molecular complexity index is 553. The Morgan fingerprint density at radius 3 is 2.79 bits per heavy atom. The molecule has 2 rings (SSSR count). The maximum absolute atomic E-state index is 13.2. The van der Waals surface area contributed by atoms with Gasteiger partial charge >= 0.3 is 0 Å². The third-order valence-electron chi connectivity index (χ3n) is 3.09. The normalized spacial score (nSPS) is 12.6. The van der Waals surface area contributed by atoms with Gasteiger partial charge in [-0.25, -0.2) is 4.39 Å². The molecule has 0 saturated carbocycles. The van der Waals surface area contributed by atoms with E-state index >= 15 is 0 Å². The first kappa shape index (κ1) is 14.2. The Morgan fingerprint density at radius 1 is 1.42 bits per heavy atom. The van der Waals surface area contributed by atoms with Crippen LogP contribution in [0.4, 0.5) is 4.39 Å². The molecule has 1 atom stereocenters. The molecule has 0 radical (unpaired) electrons. The molecule has 5 heteroatoms. The molecular formula is C14H17BrFN3. The Morgan fingerprint density at radius 2 is 2.21 bits per heavy atom. The molecule has 1 heterocycles. The van der Waals surface area contributed by atoms with Crippen molar-refractivity contribution in [3.63, 3.8) is 0 Å². The first-order chi connectivity index (χ1) is 9.11. The second-order valence-corrected chi connectivity index (χ2v) is 5.30. The lowest BCUT2D eigenvalue weighted by molar-refractivity contribution is 0.507. The Balaban J connectivity index is 2.21. The van der Waals surface area contributed by atoms with Crippen molar-refractivity contribution in [2.24, 2.45) is 7.05 Å². The highest BCUT2D eigenvalue weighted by Crippen LogP contribution is 2.22. The van der Waals surface area contributed by atoms with Crippen LogP contribution in [-0.4, -0.2) is 16.3 Å². The molecular weight excluding hydrogens is 309 g/mol. The van der Waals surface area contributed by atoms with Gasteiger partial charge in [0.25, 0.3) is 0 Å². The monoisotopic (exact) mass is 325 g/mol. The molecule has 102 valence electrons. The highest BCUT2D eigenvalue weighted by Gasteiger charge is 2.15. The van der Waals surface area contributed by atoms with Gasteiger partial charge in [-0.05, 0) is 52.7 Å². The zero-order valence-corrected chi connectivity index (χ0v) is 12.6. The fraction of sp³-hybridized carbons (Fsp3) is 0.357. The Kier molecular flexibility index (Phi) is 4.71. The zero-order valence-electron chi connectivity index (χ0n) is 11.0. The van der Waals surface area contributed by atoms with E-state index in [1.807, 2.05) is 29.9 Å². The van der Waals surface area contributed by atoms with Crippen LogP contribution in [0.1, 0.15) is 24.2 Å². The fourth-order valence-corrected chi connectivity index (χ4v) is 2.58. The minimum Gasteiger partial charge on any atom is -0.309 e. The van der Waals surface area contributed by atoms with Crippen molar-refractivity contribution >= 4 is 15.9 Å². The third-order valence-corrected chi connectivity index (χ3v) is 3.70. The van der Waals surface area contributed by atoms with Crippen LogP contribution < -0.4 is 5.32 Å². The number of hydrogen-bond donors (Lipinski definition) is 1. The summed E-state index contributed by atoms with van der Waals surface area (Å²) >= 11 is 3.23. The molecule has 2 aromatic rings. The molecule has 0 aliphatic rings. The summed E-state index contributed by atoms with van der Waals surface area (Å²) in [5.41, 5.74) is 2.21. The number of nitrogens with one attached hydrogen (secondary N) is 1. The second-order valence-electron chi connectivity index (χ2n) is 4.44. The number of aryl methyl sites for hydroxylation is 1. The van der Waals surface area contributed by atoms with Crippen LogP contribution in [0.2, 0.25) is 0 Å².